The monoisotopic (exact) mass is 275 g/mol. The van der Waals surface area contributed by atoms with Crippen LogP contribution in [-0.4, -0.2) is 22.0 Å². The maximum atomic E-state index is 11.0. The van der Waals surface area contributed by atoms with Crippen LogP contribution < -0.4 is 16.2 Å². The summed E-state index contributed by atoms with van der Waals surface area (Å²) in [4.78, 5) is 18.0. The van der Waals surface area contributed by atoms with E-state index in [-0.39, 0.29) is 29.6 Å². The molecule has 2 rings (SSSR count). The third-order valence-electron chi connectivity index (χ3n) is 2.69. The summed E-state index contributed by atoms with van der Waals surface area (Å²) in [5.41, 5.74) is 11.7. The first-order valence-corrected chi connectivity index (χ1v) is 5.70. The average Bonchev–Trinajstić information content (AvgIpc) is 2.37. The van der Waals surface area contributed by atoms with Crippen molar-refractivity contribution in [3.63, 3.8) is 0 Å². The van der Waals surface area contributed by atoms with Gasteiger partial charge in [0.2, 0.25) is 11.8 Å². The molecule has 20 heavy (non-hydrogen) atoms. The third kappa shape index (κ3) is 2.74. The Labute approximate surface area is 114 Å². The zero-order valence-electron chi connectivity index (χ0n) is 10.7. The molecule has 0 aliphatic rings. The topological polar surface area (TPSA) is 130 Å². The molecule has 4 N–H and O–H groups in total. The molecule has 0 atom stereocenters. The SMILES string of the molecule is COc1cccc(Cc2nc(N)nc(N)c2[N+](=O)[O-])c1. The molecular formula is C12H13N5O3. The van der Waals surface area contributed by atoms with Gasteiger partial charge in [-0.2, -0.15) is 4.98 Å². The van der Waals surface area contributed by atoms with Crippen molar-refractivity contribution >= 4 is 17.5 Å². The van der Waals surface area contributed by atoms with E-state index in [1.807, 2.05) is 0 Å². The molecule has 1 heterocycles. The molecule has 0 amide bonds. The number of rotatable bonds is 4. The lowest BCUT2D eigenvalue weighted by Crippen LogP contribution is -2.09. The van der Waals surface area contributed by atoms with Crippen LogP contribution >= 0.6 is 0 Å². The number of aromatic nitrogens is 2. The predicted molar refractivity (Wildman–Crippen MR) is 73.3 cm³/mol. The Morgan fingerprint density at radius 2 is 2.10 bits per heavy atom. The molecular weight excluding hydrogens is 262 g/mol. The Kier molecular flexibility index (Phi) is 3.65. The number of hydrogen-bond acceptors (Lipinski definition) is 7. The molecule has 0 spiro atoms. The van der Waals surface area contributed by atoms with Gasteiger partial charge in [0.1, 0.15) is 11.4 Å². The fraction of sp³-hybridized carbons (Fsp3) is 0.167. The van der Waals surface area contributed by atoms with Crippen molar-refractivity contribution in [1.29, 1.82) is 0 Å². The Hall–Kier alpha value is -2.90. The molecule has 1 aromatic carbocycles. The summed E-state index contributed by atoms with van der Waals surface area (Å²) in [6.07, 6.45) is 0.213. The molecule has 0 saturated carbocycles. The number of hydrogen-bond donors (Lipinski definition) is 2. The van der Waals surface area contributed by atoms with E-state index >= 15 is 0 Å². The van der Waals surface area contributed by atoms with E-state index < -0.39 is 4.92 Å². The van der Waals surface area contributed by atoms with Gasteiger partial charge in [-0.1, -0.05) is 12.1 Å². The molecule has 0 unspecified atom stereocenters. The van der Waals surface area contributed by atoms with Crippen molar-refractivity contribution in [2.24, 2.45) is 0 Å². The van der Waals surface area contributed by atoms with Crippen LogP contribution in [0.3, 0.4) is 0 Å². The highest BCUT2D eigenvalue weighted by molar-refractivity contribution is 5.58. The van der Waals surface area contributed by atoms with Crippen molar-refractivity contribution in [3.05, 3.63) is 45.6 Å². The van der Waals surface area contributed by atoms with E-state index in [0.717, 1.165) is 5.56 Å². The third-order valence-corrected chi connectivity index (χ3v) is 2.69. The Bertz CT molecular complexity index is 660. The van der Waals surface area contributed by atoms with Crippen molar-refractivity contribution in [3.8, 4) is 5.75 Å². The number of anilines is 2. The van der Waals surface area contributed by atoms with Gasteiger partial charge in [-0.3, -0.25) is 10.1 Å². The normalized spacial score (nSPS) is 10.2. The number of nitrogens with zero attached hydrogens (tertiary/aromatic N) is 3. The van der Waals surface area contributed by atoms with Crippen LogP contribution in [0.1, 0.15) is 11.3 Å². The van der Waals surface area contributed by atoms with Crippen molar-refractivity contribution in [2.75, 3.05) is 18.6 Å². The van der Waals surface area contributed by atoms with Crippen LogP contribution in [0.25, 0.3) is 0 Å². The lowest BCUT2D eigenvalue weighted by Gasteiger charge is -2.06. The van der Waals surface area contributed by atoms with Crippen LogP contribution in [0, 0.1) is 10.1 Å². The fourth-order valence-corrected chi connectivity index (χ4v) is 1.84. The van der Waals surface area contributed by atoms with E-state index in [1.54, 1.807) is 31.4 Å². The number of benzene rings is 1. The van der Waals surface area contributed by atoms with Gasteiger partial charge in [-0.15, -0.1) is 0 Å². The van der Waals surface area contributed by atoms with E-state index in [9.17, 15) is 10.1 Å². The number of ether oxygens (including phenoxy) is 1. The van der Waals surface area contributed by atoms with Crippen molar-refractivity contribution in [1.82, 2.24) is 9.97 Å². The van der Waals surface area contributed by atoms with E-state index in [1.165, 1.54) is 0 Å². The predicted octanol–water partition coefficient (Wildman–Crippen LogP) is 1.15. The maximum absolute atomic E-state index is 11.0. The first-order valence-electron chi connectivity index (χ1n) is 5.70. The van der Waals surface area contributed by atoms with Gasteiger partial charge < -0.3 is 16.2 Å². The van der Waals surface area contributed by atoms with Gasteiger partial charge in [0.25, 0.3) is 0 Å². The van der Waals surface area contributed by atoms with Gasteiger partial charge >= 0.3 is 5.69 Å². The number of nitrogen functional groups attached to an aromatic ring is 2. The minimum atomic E-state index is -0.607. The second-order valence-electron chi connectivity index (χ2n) is 4.05. The zero-order chi connectivity index (χ0) is 14.7. The minimum absolute atomic E-state index is 0.0917. The van der Waals surface area contributed by atoms with Crippen LogP contribution in [0.5, 0.6) is 5.75 Å². The molecule has 8 nitrogen and oxygen atoms in total. The average molecular weight is 275 g/mol. The Morgan fingerprint density at radius 1 is 1.35 bits per heavy atom. The summed E-state index contributed by atoms with van der Waals surface area (Å²) in [7, 11) is 1.54. The molecule has 0 aliphatic heterocycles. The molecule has 8 heteroatoms. The number of nitro groups is 1. The van der Waals surface area contributed by atoms with E-state index in [2.05, 4.69) is 9.97 Å². The van der Waals surface area contributed by atoms with Crippen LogP contribution in [0.2, 0.25) is 0 Å². The smallest absolute Gasteiger partial charge is 0.332 e. The molecule has 2 aromatic rings. The summed E-state index contributed by atoms with van der Waals surface area (Å²) in [5.74, 6) is 0.326. The second kappa shape index (κ2) is 5.39. The van der Waals surface area contributed by atoms with E-state index in [0.29, 0.717) is 5.75 Å². The van der Waals surface area contributed by atoms with E-state index in [4.69, 9.17) is 16.2 Å². The molecule has 104 valence electrons. The maximum Gasteiger partial charge on any atom is 0.332 e. The zero-order valence-corrected chi connectivity index (χ0v) is 10.7. The summed E-state index contributed by atoms with van der Waals surface area (Å²) in [5, 5.41) is 11.0. The standard InChI is InChI=1S/C12H13N5O3/c1-20-8-4-2-3-7(5-8)6-9-10(17(18)19)11(13)16-12(14)15-9/h2-5H,6H2,1H3,(H4,13,14,15,16). The minimum Gasteiger partial charge on any atom is -0.497 e. The van der Waals surface area contributed by atoms with Crippen molar-refractivity contribution in [2.45, 2.75) is 6.42 Å². The fourth-order valence-electron chi connectivity index (χ4n) is 1.84. The lowest BCUT2D eigenvalue weighted by atomic mass is 10.1. The highest BCUT2D eigenvalue weighted by Crippen LogP contribution is 2.26. The Morgan fingerprint density at radius 3 is 2.75 bits per heavy atom. The van der Waals surface area contributed by atoms with Gasteiger partial charge in [0.15, 0.2) is 0 Å². The van der Waals surface area contributed by atoms with Crippen LogP contribution in [0.15, 0.2) is 24.3 Å². The lowest BCUT2D eigenvalue weighted by molar-refractivity contribution is -0.385. The molecule has 0 radical (unpaired) electrons. The van der Waals surface area contributed by atoms with Gasteiger partial charge in [0.05, 0.1) is 12.0 Å². The molecule has 0 fully saturated rings. The summed E-state index contributed by atoms with van der Waals surface area (Å²) in [6.45, 7) is 0. The first kappa shape index (κ1) is 13.5. The highest BCUT2D eigenvalue weighted by Gasteiger charge is 2.22. The summed E-state index contributed by atoms with van der Waals surface area (Å²) < 4.78 is 5.10. The largest absolute Gasteiger partial charge is 0.497 e. The van der Waals surface area contributed by atoms with Gasteiger partial charge in [-0.25, -0.2) is 4.98 Å². The quantitative estimate of drug-likeness (QED) is 0.632. The highest BCUT2D eigenvalue weighted by atomic mass is 16.6. The first-order chi connectivity index (χ1) is 9.51. The molecule has 0 saturated heterocycles. The van der Waals surface area contributed by atoms with Crippen molar-refractivity contribution < 1.29 is 9.66 Å². The van der Waals surface area contributed by atoms with Gasteiger partial charge in [-0.05, 0) is 17.7 Å². The molecule has 0 aliphatic carbocycles. The number of methoxy groups -OCH3 is 1. The van der Waals surface area contributed by atoms with Crippen LogP contribution in [-0.2, 0) is 6.42 Å². The summed E-state index contributed by atoms with van der Waals surface area (Å²) >= 11 is 0. The van der Waals surface area contributed by atoms with Crippen LogP contribution in [0.4, 0.5) is 17.5 Å². The van der Waals surface area contributed by atoms with Gasteiger partial charge in [0, 0.05) is 6.42 Å². The summed E-state index contributed by atoms with van der Waals surface area (Å²) in [6, 6.07) is 7.13. The molecule has 1 aromatic heterocycles. The second-order valence-corrected chi connectivity index (χ2v) is 4.05. The molecule has 0 bridgehead atoms. The number of nitrogens with two attached hydrogens (primary N) is 2. The Balaban J connectivity index is 2.44.